The number of piperazine rings is 1. The van der Waals surface area contributed by atoms with Crippen LogP contribution in [-0.2, 0) is 0 Å². The average Bonchev–Trinajstić information content (AvgIpc) is 2.39. The van der Waals surface area contributed by atoms with E-state index in [2.05, 4.69) is 31.5 Å². The second-order valence-corrected chi connectivity index (χ2v) is 5.39. The van der Waals surface area contributed by atoms with Crippen LogP contribution in [-0.4, -0.2) is 50.1 Å². The Hall–Kier alpha value is -0.690. The Bertz CT molecular complexity index is 455. The summed E-state index contributed by atoms with van der Waals surface area (Å²) in [6.07, 6.45) is 0. The predicted molar refractivity (Wildman–Crippen MR) is 83.0 cm³/mol. The number of rotatable bonds is 4. The number of amides is 1. The van der Waals surface area contributed by atoms with Gasteiger partial charge in [-0.25, -0.2) is 4.39 Å². The van der Waals surface area contributed by atoms with Crippen LogP contribution in [0.25, 0.3) is 0 Å². The van der Waals surface area contributed by atoms with Crippen LogP contribution in [0.15, 0.2) is 22.7 Å². The van der Waals surface area contributed by atoms with Crippen LogP contribution in [0.5, 0.6) is 0 Å². The highest BCUT2D eigenvalue weighted by Crippen LogP contribution is 2.15. The molecular weight excluding hydrogens is 349 g/mol. The van der Waals surface area contributed by atoms with Crippen molar-refractivity contribution in [1.82, 2.24) is 15.5 Å². The topological polar surface area (TPSA) is 44.4 Å². The SMILES string of the molecule is Cl.O=C(NCCN1CCNCC1)c1ccc(Br)cc1F. The van der Waals surface area contributed by atoms with Gasteiger partial charge in [0.25, 0.3) is 5.91 Å². The summed E-state index contributed by atoms with van der Waals surface area (Å²) in [4.78, 5) is 14.1. The molecule has 1 aliphatic rings. The average molecular weight is 367 g/mol. The first kappa shape index (κ1) is 17.4. The van der Waals surface area contributed by atoms with Crippen LogP contribution in [0.2, 0.25) is 0 Å². The lowest BCUT2D eigenvalue weighted by Gasteiger charge is -2.27. The van der Waals surface area contributed by atoms with E-state index in [1.54, 1.807) is 6.07 Å². The van der Waals surface area contributed by atoms with E-state index in [0.29, 0.717) is 11.0 Å². The number of carbonyl (C=O) groups excluding carboxylic acids is 1. The molecule has 4 nitrogen and oxygen atoms in total. The fourth-order valence-corrected chi connectivity index (χ4v) is 2.36. The molecule has 1 heterocycles. The lowest BCUT2D eigenvalue weighted by molar-refractivity contribution is 0.0943. The van der Waals surface area contributed by atoms with Crippen LogP contribution in [0.1, 0.15) is 10.4 Å². The number of benzene rings is 1. The first-order valence-electron chi connectivity index (χ1n) is 6.33. The summed E-state index contributed by atoms with van der Waals surface area (Å²) >= 11 is 3.17. The molecule has 20 heavy (non-hydrogen) atoms. The third-order valence-corrected chi connectivity index (χ3v) is 3.59. The van der Waals surface area contributed by atoms with Gasteiger partial charge in [0.05, 0.1) is 5.56 Å². The van der Waals surface area contributed by atoms with E-state index >= 15 is 0 Å². The number of hydrogen-bond acceptors (Lipinski definition) is 3. The van der Waals surface area contributed by atoms with Crippen molar-refractivity contribution in [2.75, 3.05) is 39.3 Å². The van der Waals surface area contributed by atoms with E-state index in [4.69, 9.17) is 0 Å². The molecule has 2 N–H and O–H groups in total. The maximum absolute atomic E-state index is 13.6. The molecule has 0 saturated carbocycles. The Morgan fingerprint density at radius 1 is 1.40 bits per heavy atom. The van der Waals surface area contributed by atoms with Gasteiger partial charge in [0.15, 0.2) is 0 Å². The minimum absolute atomic E-state index is 0. The van der Waals surface area contributed by atoms with Crippen molar-refractivity contribution >= 4 is 34.2 Å². The lowest BCUT2D eigenvalue weighted by Crippen LogP contribution is -2.46. The second-order valence-electron chi connectivity index (χ2n) is 4.47. The monoisotopic (exact) mass is 365 g/mol. The van der Waals surface area contributed by atoms with E-state index in [0.717, 1.165) is 32.7 Å². The molecule has 0 atom stereocenters. The third-order valence-electron chi connectivity index (χ3n) is 3.10. The Morgan fingerprint density at radius 3 is 2.75 bits per heavy atom. The molecule has 0 aliphatic carbocycles. The van der Waals surface area contributed by atoms with E-state index < -0.39 is 5.82 Å². The van der Waals surface area contributed by atoms with Crippen molar-refractivity contribution in [1.29, 1.82) is 0 Å². The number of hydrogen-bond donors (Lipinski definition) is 2. The first-order valence-corrected chi connectivity index (χ1v) is 7.12. The summed E-state index contributed by atoms with van der Waals surface area (Å²) in [6.45, 7) is 5.27. The molecule has 112 valence electrons. The van der Waals surface area contributed by atoms with E-state index in [-0.39, 0.29) is 23.9 Å². The van der Waals surface area contributed by atoms with Gasteiger partial charge in [-0.05, 0) is 18.2 Å². The van der Waals surface area contributed by atoms with Crippen molar-refractivity contribution in [2.45, 2.75) is 0 Å². The Labute approximate surface area is 132 Å². The number of nitrogens with zero attached hydrogens (tertiary/aromatic N) is 1. The lowest BCUT2D eigenvalue weighted by atomic mass is 10.2. The zero-order valence-electron chi connectivity index (χ0n) is 11.0. The molecule has 1 aliphatic heterocycles. The molecule has 1 fully saturated rings. The largest absolute Gasteiger partial charge is 0.351 e. The van der Waals surface area contributed by atoms with Crippen LogP contribution < -0.4 is 10.6 Å². The standard InChI is InChI=1S/C13H17BrFN3O.ClH/c14-10-1-2-11(12(15)9-10)13(19)17-5-8-18-6-3-16-4-7-18;/h1-2,9,16H,3-8H2,(H,17,19);1H. The van der Waals surface area contributed by atoms with Gasteiger partial charge < -0.3 is 10.6 Å². The van der Waals surface area contributed by atoms with Crippen LogP contribution in [0.4, 0.5) is 4.39 Å². The van der Waals surface area contributed by atoms with Gasteiger partial charge in [-0.15, -0.1) is 12.4 Å². The van der Waals surface area contributed by atoms with Gasteiger partial charge in [0, 0.05) is 43.7 Å². The summed E-state index contributed by atoms with van der Waals surface area (Å²) in [5.41, 5.74) is 0.0866. The van der Waals surface area contributed by atoms with Crippen molar-refractivity contribution in [2.24, 2.45) is 0 Å². The highest BCUT2D eigenvalue weighted by molar-refractivity contribution is 9.10. The van der Waals surface area contributed by atoms with Gasteiger partial charge in [-0.1, -0.05) is 15.9 Å². The Morgan fingerprint density at radius 2 is 2.10 bits per heavy atom. The van der Waals surface area contributed by atoms with Gasteiger partial charge in [-0.2, -0.15) is 0 Å². The Balaban J connectivity index is 0.00000200. The minimum Gasteiger partial charge on any atom is -0.351 e. The highest BCUT2D eigenvalue weighted by atomic mass is 79.9. The van der Waals surface area contributed by atoms with Crippen molar-refractivity contribution < 1.29 is 9.18 Å². The number of carbonyl (C=O) groups is 1. The smallest absolute Gasteiger partial charge is 0.254 e. The number of halogens is 3. The van der Waals surface area contributed by atoms with Crippen LogP contribution >= 0.6 is 28.3 Å². The molecule has 0 bridgehead atoms. The third kappa shape index (κ3) is 5.01. The van der Waals surface area contributed by atoms with E-state index in [1.807, 2.05) is 0 Å². The molecular formula is C13H18BrClFN3O. The van der Waals surface area contributed by atoms with E-state index in [1.165, 1.54) is 12.1 Å². The van der Waals surface area contributed by atoms with Gasteiger partial charge >= 0.3 is 0 Å². The molecule has 0 unspecified atom stereocenters. The molecule has 1 aromatic carbocycles. The molecule has 1 aromatic rings. The maximum Gasteiger partial charge on any atom is 0.254 e. The molecule has 1 amide bonds. The zero-order valence-corrected chi connectivity index (χ0v) is 13.4. The first-order chi connectivity index (χ1) is 9.16. The maximum atomic E-state index is 13.6. The van der Waals surface area contributed by atoms with Crippen molar-refractivity contribution in [3.8, 4) is 0 Å². The van der Waals surface area contributed by atoms with Crippen LogP contribution in [0, 0.1) is 5.82 Å². The molecule has 1 saturated heterocycles. The molecule has 0 spiro atoms. The van der Waals surface area contributed by atoms with Gasteiger partial charge in [0.2, 0.25) is 0 Å². The molecule has 0 aromatic heterocycles. The highest BCUT2D eigenvalue weighted by Gasteiger charge is 2.13. The fourth-order valence-electron chi connectivity index (χ4n) is 2.03. The molecule has 0 radical (unpaired) electrons. The number of nitrogens with one attached hydrogen (secondary N) is 2. The van der Waals surface area contributed by atoms with Crippen LogP contribution in [0.3, 0.4) is 0 Å². The summed E-state index contributed by atoms with van der Waals surface area (Å²) in [5.74, 6) is -0.866. The van der Waals surface area contributed by atoms with Gasteiger partial charge in [0.1, 0.15) is 5.82 Å². The van der Waals surface area contributed by atoms with E-state index in [9.17, 15) is 9.18 Å². The summed E-state index contributed by atoms with van der Waals surface area (Å²) < 4.78 is 14.2. The van der Waals surface area contributed by atoms with Crippen molar-refractivity contribution in [3.05, 3.63) is 34.1 Å². The van der Waals surface area contributed by atoms with Crippen molar-refractivity contribution in [3.63, 3.8) is 0 Å². The second kappa shape index (κ2) is 8.56. The fraction of sp³-hybridized carbons (Fsp3) is 0.462. The summed E-state index contributed by atoms with van der Waals surface area (Å²) in [5, 5.41) is 6.02. The Kier molecular flexibility index (Phi) is 7.43. The van der Waals surface area contributed by atoms with Gasteiger partial charge in [-0.3, -0.25) is 9.69 Å². The normalized spacial score (nSPS) is 15.5. The summed E-state index contributed by atoms with van der Waals surface area (Å²) in [7, 11) is 0. The quantitative estimate of drug-likeness (QED) is 0.851. The predicted octanol–water partition coefficient (Wildman–Crippen LogP) is 1.65. The zero-order chi connectivity index (χ0) is 13.7. The minimum atomic E-state index is -0.506. The molecule has 2 rings (SSSR count). The summed E-state index contributed by atoms with van der Waals surface area (Å²) in [6, 6.07) is 4.44. The molecule has 7 heteroatoms.